The third-order valence-corrected chi connectivity index (χ3v) is 5.63. The van der Waals surface area contributed by atoms with E-state index in [4.69, 9.17) is 9.84 Å². The van der Waals surface area contributed by atoms with Crippen molar-refractivity contribution < 1.29 is 19.4 Å². The van der Waals surface area contributed by atoms with Crippen molar-refractivity contribution in [3.05, 3.63) is 41.6 Å². The van der Waals surface area contributed by atoms with E-state index in [1.165, 1.54) is 24.5 Å². The van der Waals surface area contributed by atoms with E-state index in [-0.39, 0.29) is 0 Å². The molecule has 1 amide bonds. The zero-order valence-corrected chi connectivity index (χ0v) is 18.7. The van der Waals surface area contributed by atoms with Gasteiger partial charge in [0, 0.05) is 18.8 Å². The van der Waals surface area contributed by atoms with E-state index >= 15 is 0 Å². The van der Waals surface area contributed by atoms with E-state index in [1.54, 1.807) is 23.2 Å². The molecular formula is C24H33N3O4. The number of carboxylic acids is 1. The van der Waals surface area contributed by atoms with Gasteiger partial charge >= 0.3 is 12.1 Å². The Kier molecular flexibility index (Phi) is 7.15. The molecule has 1 aliphatic heterocycles. The standard InChI is InChI=1S/C24H33N3O4/c1-23(2,3)31-22(30)27(20-11-9-19(16-26-20)10-12-21(28)29)24(13-14-25-17-24)15-18-7-5-4-6-8-18/h7,9-12,16,25H,4-6,8,13-15,17H2,1-3H3,(H,28,29)/b12-10+/t24-/m0/s1. The van der Waals surface area contributed by atoms with Crippen molar-refractivity contribution in [2.45, 2.75) is 70.4 Å². The molecule has 0 aromatic carbocycles. The van der Waals surface area contributed by atoms with Gasteiger partial charge in [-0.3, -0.25) is 4.90 Å². The van der Waals surface area contributed by atoms with Gasteiger partial charge in [-0.1, -0.05) is 11.6 Å². The summed E-state index contributed by atoms with van der Waals surface area (Å²) in [5.41, 5.74) is 0.974. The van der Waals surface area contributed by atoms with Crippen LogP contribution in [0.2, 0.25) is 0 Å². The summed E-state index contributed by atoms with van der Waals surface area (Å²) in [4.78, 5) is 30.4. The second kappa shape index (κ2) is 9.64. The predicted octanol–water partition coefficient (Wildman–Crippen LogP) is 4.54. The van der Waals surface area contributed by atoms with Gasteiger partial charge in [-0.2, -0.15) is 0 Å². The molecule has 1 saturated heterocycles. The molecule has 0 radical (unpaired) electrons. The van der Waals surface area contributed by atoms with E-state index in [9.17, 15) is 9.59 Å². The Morgan fingerprint density at radius 3 is 2.68 bits per heavy atom. The minimum atomic E-state index is -1.02. The summed E-state index contributed by atoms with van der Waals surface area (Å²) in [5.74, 6) is -0.502. The molecule has 2 heterocycles. The maximum absolute atomic E-state index is 13.4. The van der Waals surface area contributed by atoms with E-state index in [0.29, 0.717) is 17.9 Å². The lowest BCUT2D eigenvalue weighted by atomic mass is 9.84. The number of carboxylic acid groups (broad SMARTS) is 1. The largest absolute Gasteiger partial charge is 0.478 e. The summed E-state index contributed by atoms with van der Waals surface area (Å²) in [6.07, 6.45) is 12.2. The molecule has 0 spiro atoms. The molecule has 0 bridgehead atoms. The predicted molar refractivity (Wildman–Crippen MR) is 121 cm³/mol. The number of anilines is 1. The van der Waals surface area contributed by atoms with Gasteiger partial charge in [0.1, 0.15) is 11.4 Å². The number of carbonyl (C=O) groups excluding carboxylic acids is 1. The molecule has 3 rings (SSSR count). The molecule has 0 saturated carbocycles. The molecule has 1 aromatic rings. The molecule has 1 atom stereocenters. The summed E-state index contributed by atoms with van der Waals surface area (Å²) in [7, 11) is 0. The van der Waals surface area contributed by atoms with E-state index < -0.39 is 23.2 Å². The quantitative estimate of drug-likeness (QED) is 0.511. The van der Waals surface area contributed by atoms with Crippen molar-refractivity contribution in [1.29, 1.82) is 0 Å². The molecule has 1 aromatic heterocycles. The van der Waals surface area contributed by atoms with Crippen molar-refractivity contribution >= 4 is 24.0 Å². The third-order valence-electron chi connectivity index (χ3n) is 5.63. The lowest BCUT2D eigenvalue weighted by Crippen LogP contribution is -2.55. The lowest BCUT2D eigenvalue weighted by Gasteiger charge is -2.41. The van der Waals surface area contributed by atoms with E-state index in [1.807, 2.05) is 20.8 Å². The van der Waals surface area contributed by atoms with E-state index in [2.05, 4.69) is 16.4 Å². The first-order valence-electron chi connectivity index (χ1n) is 11.0. The van der Waals surface area contributed by atoms with Gasteiger partial charge < -0.3 is 15.2 Å². The van der Waals surface area contributed by atoms with Crippen molar-refractivity contribution in [2.24, 2.45) is 0 Å². The van der Waals surface area contributed by atoms with Crippen molar-refractivity contribution in [2.75, 3.05) is 18.0 Å². The first kappa shape index (κ1) is 23.0. The number of carbonyl (C=O) groups is 2. The second-order valence-electron chi connectivity index (χ2n) is 9.37. The van der Waals surface area contributed by atoms with Crippen molar-refractivity contribution in [3.63, 3.8) is 0 Å². The van der Waals surface area contributed by atoms with Crippen LogP contribution in [-0.4, -0.2) is 46.4 Å². The minimum absolute atomic E-state index is 0.408. The first-order valence-corrected chi connectivity index (χ1v) is 11.0. The fourth-order valence-corrected chi connectivity index (χ4v) is 4.27. The maximum atomic E-state index is 13.4. The second-order valence-corrected chi connectivity index (χ2v) is 9.37. The number of ether oxygens (including phenoxy) is 1. The smallest absolute Gasteiger partial charge is 0.416 e. The average Bonchev–Trinajstić information content (AvgIpc) is 3.15. The number of pyridine rings is 1. The van der Waals surface area contributed by atoms with Crippen molar-refractivity contribution in [1.82, 2.24) is 10.3 Å². The molecule has 0 unspecified atom stereocenters. The topological polar surface area (TPSA) is 91.8 Å². The number of amides is 1. The number of nitrogens with zero attached hydrogens (tertiary/aromatic N) is 2. The highest BCUT2D eigenvalue weighted by Crippen LogP contribution is 2.37. The molecule has 168 valence electrons. The maximum Gasteiger partial charge on any atom is 0.416 e. The number of aliphatic carboxylic acids is 1. The van der Waals surface area contributed by atoms with Crippen LogP contribution in [0.15, 0.2) is 36.1 Å². The minimum Gasteiger partial charge on any atom is -0.478 e. The fraction of sp³-hybridized carbons (Fsp3) is 0.542. The number of aromatic nitrogens is 1. The van der Waals surface area contributed by atoms with Gasteiger partial charge in [0.25, 0.3) is 0 Å². The summed E-state index contributed by atoms with van der Waals surface area (Å²) in [6.45, 7) is 7.08. The van der Waals surface area contributed by atoms with Gasteiger partial charge in [0.2, 0.25) is 0 Å². The third kappa shape index (κ3) is 6.17. The van der Waals surface area contributed by atoms with Crippen LogP contribution < -0.4 is 10.2 Å². The Balaban J connectivity index is 1.97. The monoisotopic (exact) mass is 427 g/mol. The highest BCUT2D eigenvalue weighted by molar-refractivity contribution is 5.89. The molecule has 2 N–H and O–H groups in total. The van der Waals surface area contributed by atoms with Crippen LogP contribution in [0.4, 0.5) is 10.6 Å². The molecule has 31 heavy (non-hydrogen) atoms. The van der Waals surface area contributed by atoms with Gasteiger partial charge in [-0.05, 0) is 89.6 Å². The molecule has 2 aliphatic rings. The van der Waals surface area contributed by atoms with Crippen LogP contribution in [0.3, 0.4) is 0 Å². The normalized spacial score (nSPS) is 21.7. The van der Waals surface area contributed by atoms with Crippen LogP contribution in [0.25, 0.3) is 6.08 Å². The summed E-state index contributed by atoms with van der Waals surface area (Å²) in [5, 5.41) is 12.3. The number of allylic oxidation sites excluding steroid dienone is 1. The van der Waals surface area contributed by atoms with Crippen LogP contribution >= 0.6 is 0 Å². The molecular weight excluding hydrogens is 394 g/mol. The number of nitrogens with one attached hydrogen (secondary N) is 1. The lowest BCUT2D eigenvalue weighted by molar-refractivity contribution is -0.131. The summed E-state index contributed by atoms with van der Waals surface area (Å²) < 4.78 is 5.80. The summed E-state index contributed by atoms with van der Waals surface area (Å²) in [6, 6.07) is 3.54. The number of rotatable bonds is 6. The Hall–Kier alpha value is -2.67. The van der Waals surface area contributed by atoms with Crippen molar-refractivity contribution in [3.8, 4) is 0 Å². The zero-order chi connectivity index (χ0) is 22.5. The average molecular weight is 428 g/mol. The number of hydrogen-bond acceptors (Lipinski definition) is 5. The Morgan fingerprint density at radius 2 is 2.13 bits per heavy atom. The Morgan fingerprint density at radius 1 is 1.32 bits per heavy atom. The molecule has 1 aliphatic carbocycles. The van der Waals surface area contributed by atoms with Gasteiger partial charge in [0.15, 0.2) is 0 Å². The Labute approximate surface area is 184 Å². The summed E-state index contributed by atoms with van der Waals surface area (Å²) >= 11 is 0. The van der Waals surface area contributed by atoms with Gasteiger partial charge in [-0.15, -0.1) is 0 Å². The fourth-order valence-electron chi connectivity index (χ4n) is 4.27. The van der Waals surface area contributed by atoms with Gasteiger partial charge in [0.05, 0.1) is 5.54 Å². The van der Waals surface area contributed by atoms with Crippen LogP contribution in [-0.2, 0) is 9.53 Å². The van der Waals surface area contributed by atoms with Crippen LogP contribution in [0.1, 0.15) is 64.9 Å². The van der Waals surface area contributed by atoms with E-state index in [0.717, 1.165) is 38.3 Å². The first-order chi connectivity index (χ1) is 14.7. The Bertz CT molecular complexity index is 847. The highest BCUT2D eigenvalue weighted by Gasteiger charge is 2.46. The van der Waals surface area contributed by atoms with Crippen LogP contribution in [0.5, 0.6) is 0 Å². The van der Waals surface area contributed by atoms with Crippen LogP contribution in [0, 0.1) is 0 Å². The molecule has 7 heteroatoms. The van der Waals surface area contributed by atoms with Gasteiger partial charge in [-0.25, -0.2) is 14.6 Å². The number of hydrogen-bond donors (Lipinski definition) is 2. The zero-order valence-electron chi connectivity index (χ0n) is 18.7. The SMILES string of the molecule is CC(C)(C)OC(=O)N(c1ccc(/C=C/C(=O)O)cn1)[C@]1(CC2=CCCCC2)CCNC1. The highest BCUT2D eigenvalue weighted by atomic mass is 16.6. The molecule has 7 nitrogen and oxygen atoms in total. The molecule has 1 fully saturated rings.